The van der Waals surface area contributed by atoms with Crippen molar-refractivity contribution in [1.29, 1.82) is 0 Å². The number of esters is 3. The van der Waals surface area contributed by atoms with E-state index in [1.54, 1.807) is 123 Å². The summed E-state index contributed by atoms with van der Waals surface area (Å²) in [5.41, 5.74) is 7.10. The van der Waals surface area contributed by atoms with E-state index in [1.165, 1.54) is 54.6 Å². The maximum atomic E-state index is 12.5. The van der Waals surface area contributed by atoms with Crippen LogP contribution in [0.15, 0.2) is 151 Å². The molecule has 0 fully saturated rings. The number of carboxylic acid groups (broad SMARTS) is 2. The van der Waals surface area contributed by atoms with Crippen molar-refractivity contribution in [2.45, 2.75) is 108 Å². The summed E-state index contributed by atoms with van der Waals surface area (Å²) in [6.45, 7) is 13.1. The van der Waals surface area contributed by atoms with Crippen molar-refractivity contribution >= 4 is 177 Å². The average Bonchev–Trinajstić information content (AvgIpc) is 1.60. The molecule has 0 bridgehead atoms. The minimum atomic E-state index is -3.80. The Kier molecular flexibility index (Phi) is 31.4. The summed E-state index contributed by atoms with van der Waals surface area (Å²) in [4.78, 5) is 56.3. The van der Waals surface area contributed by atoms with E-state index in [2.05, 4.69) is 23.6 Å². The second-order valence-corrected chi connectivity index (χ2v) is 40.7. The van der Waals surface area contributed by atoms with Gasteiger partial charge in [0.05, 0.1) is 48.3 Å². The number of aliphatic carboxylic acids is 2. The van der Waals surface area contributed by atoms with Crippen LogP contribution in [-0.4, -0.2) is 141 Å². The molecule has 0 atom stereocenters. The van der Waals surface area contributed by atoms with Crippen molar-refractivity contribution in [2.75, 3.05) is 77.4 Å². The minimum Gasteiger partial charge on any atom is -0.504 e. The fourth-order valence-electron chi connectivity index (χ4n) is 12.2. The van der Waals surface area contributed by atoms with Crippen molar-refractivity contribution in [3.05, 3.63) is 180 Å². The fourth-order valence-corrected chi connectivity index (χ4v) is 22.5. The van der Waals surface area contributed by atoms with Gasteiger partial charge in [-0.15, -0.1) is 56.7 Å². The molecule has 0 aliphatic carbocycles. The lowest BCUT2D eigenvalue weighted by atomic mass is 10.0. The van der Waals surface area contributed by atoms with E-state index in [0.717, 1.165) is 85.0 Å². The van der Waals surface area contributed by atoms with E-state index in [9.17, 15) is 71.2 Å². The first-order chi connectivity index (χ1) is 60.0. The van der Waals surface area contributed by atoms with Gasteiger partial charge in [0.25, 0.3) is 50.1 Å². The predicted octanol–water partition coefficient (Wildman–Crippen LogP) is 14.0. The van der Waals surface area contributed by atoms with Crippen LogP contribution >= 0.6 is 56.7 Å². The van der Waals surface area contributed by atoms with Gasteiger partial charge in [-0.1, -0.05) is 30.3 Å². The van der Waals surface area contributed by atoms with E-state index < -0.39 is 74.0 Å². The number of carbonyl (C=O) groups excluding carboxylic acids is 3. The molecule has 0 spiro atoms. The highest BCUT2D eigenvalue weighted by molar-refractivity contribution is 7.96. The fraction of sp³-hybridized carbons (Fsp3) is 0.263. The number of phenols is 1. The van der Waals surface area contributed by atoms with E-state index in [-0.39, 0.29) is 146 Å². The van der Waals surface area contributed by atoms with Gasteiger partial charge in [-0.2, -0.15) is 0 Å². The lowest BCUT2D eigenvalue weighted by Gasteiger charge is -2.14. The summed E-state index contributed by atoms with van der Waals surface area (Å²) in [6.07, 6.45) is 6.21. The number of nitrogens with one attached hydrogen (secondary N) is 5. The highest BCUT2D eigenvalue weighted by atomic mass is 32.3. The standard InChI is InChI=1S/C17H19NO6S2.C17H17NO6S2.C16H17NO7S2.C15H15NO6S2.C15H13NO6S2/c2*1-3-22-14(19)7-6-12-9-13(17-16(11(12)2)23-10-24-17)18-26(20,21)15-5-4-8-25-15;1-2-22-12(18)6-5-10-8-11(15-16(14(10)19)24-9-23-15)17-26(20,21)13-4-3-7-25-13;2*1-9-10(4-5-12(17)18)7-11(15-14(9)21-8-22-15)16-24(19,20)13-3-2-6-23-13/h4-5,8-9,18H,3,6-7,10H2,1-2H3;4-9,18H,3,10H2,1-2H3;3-4,7-8,17,19H,2,5-6,9H2,1H3;2-3,6-7,16H,4-5,8H2,1H3,(H,17,18);2-7,16H,8H2,1H3,(H,17,18)/b;7-6+;;;5-4+. The van der Waals surface area contributed by atoms with E-state index in [0.29, 0.717) is 92.5 Å². The Morgan fingerprint density at radius 2 is 0.635 bits per heavy atom. The molecule has 0 saturated heterocycles. The van der Waals surface area contributed by atoms with Crippen LogP contribution in [0.4, 0.5) is 28.4 Å². The summed E-state index contributed by atoms with van der Waals surface area (Å²) in [5.74, 6) is -0.145. The zero-order valence-corrected chi connectivity index (χ0v) is 75.8. The summed E-state index contributed by atoms with van der Waals surface area (Å²) >= 11 is 5.51. The molecule has 0 radical (unpaired) electrons. The number of aromatic hydroxyl groups is 1. The highest BCUT2D eigenvalue weighted by Gasteiger charge is 2.34. The topological polar surface area (TPSA) is 497 Å². The first-order valence-corrected chi connectivity index (χ1v) is 49.3. The molecule has 0 saturated carbocycles. The molecular weight excluding hydrogens is 1850 g/mol. The number of aryl methyl sites for hydroxylation is 3. The molecule has 8 N–H and O–H groups in total. The molecule has 10 heterocycles. The summed E-state index contributed by atoms with van der Waals surface area (Å²) in [7, 11) is -18.8. The molecule has 46 heteroatoms. The third-order valence-corrected chi connectivity index (χ3v) is 31.9. The summed E-state index contributed by atoms with van der Waals surface area (Å²) in [6, 6.07) is 23.6. The molecule has 0 amide bonds. The SMILES string of the molecule is CCOC(=O)/C=C/c1cc(NS(=O)(=O)c2cccs2)c2c(c1C)OCO2.CCOC(=O)CCc1cc(NS(=O)(=O)c2cccs2)c2c(c1C)OCO2.CCOC(=O)CCc1cc(NS(=O)(=O)c2cccs2)c2c(c1O)OCO2.Cc1c(/C=C/C(=O)O)cc(NS(=O)(=O)c2cccs2)c2c1OCO2.Cc1c(CCC(=O)O)cc(NS(=O)(=O)c2cccs2)c2c1OCO2. The van der Waals surface area contributed by atoms with Gasteiger partial charge in [-0.05, 0) is 201 Å². The monoisotopic (exact) mass is 1930 g/mol. The molecule has 672 valence electrons. The lowest BCUT2D eigenvalue weighted by molar-refractivity contribution is -0.144. The van der Waals surface area contributed by atoms with E-state index in [4.69, 9.17) is 71.8 Å². The van der Waals surface area contributed by atoms with Crippen LogP contribution in [-0.2, 0) is 108 Å². The number of ether oxygens (including phenoxy) is 13. The molecule has 36 nitrogen and oxygen atoms in total. The van der Waals surface area contributed by atoms with E-state index >= 15 is 0 Å². The third kappa shape index (κ3) is 23.6. The molecular formula is C80H81N5O31S10. The second-order valence-electron chi connectivity index (χ2n) is 26.4. The Hall–Kier alpha value is -12.0. The number of carboxylic acids is 2. The van der Waals surface area contributed by atoms with Gasteiger partial charge in [0.15, 0.2) is 57.5 Å². The first-order valence-electron chi connectivity index (χ1n) is 37.5. The number of rotatable bonds is 31. The number of hydrogen-bond acceptors (Lipinski definition) is 34. The number of fused-ring (bicyclic) bond motifs is 5. The van der Waals surface area contributed by atoms with Crippen LogP contribution in [0.25, 0.3) is 12.2 Å². The number of sulfonamides is 5. The zero-order chi connectivity index (χ0) is 90.8. The van der Waals surface area contributed by atoms with Gasteiger partial charge in [-0.3, -0.25) is 38.0 Å². The number of thiophene rings is 5. The van der Waals surface area contributed by atoms with Crippen molar-refractivity contribution in [3.8, 4) is 63.2 Å². The lowest BCUT2D eigenvalue weighted by Crippen LogP contribution is -2.13. The Labute approximate surface area is 743 Å². The van der Waals surface area contributed by atoms with Crippen LogP contribution in [0.2, 0.25) is 0 Å². The van der Waals surface area contributed by atoms with Gasteiger partial charge in [0, 0.05) is 48.1 Å². The molecule has 0 unspecified atom stereocenters. The number of phenolic OH excluding ortho intramolecular Hbond substituents is 1. The van der Waals surface area contributed by atoms with E-state index in [1.807, 2.05) is 6.92 Å². The maximum Gasteiger partial charge on any atom is 0.330 e. The molecule has 126 heavy (non-hydrogen) atoms. The second kappa shape index (κ2) is 41.9. The first kappa shape index (κ1) is 94.7. The average molecular weight is 1930 g/mol. The van der Waals surface area contributed by atoms with Crippen LogP contribution in [0.5, 0.6) is 63.2 Å². The molecule has 15 rings (SSSR count). The van der Waals surface area contributed by atoms with Crippen molar-refractivity contribution in [3.63, 3.8) is 0 Å². The minimum absolute atomic E-state index is 0.00501. The van der Waals surface area contributed by atoms with Crippen LogP contribution in [0, 0.1) is 27.7 Å². The number of carbonyl (C=O) groups is 5. The molecule has 10 aromatic rings. The van der Waals surface area contributed by atoms with Crippen molar-refractivity contribution < 1.29 is 143 Å². The Bertz CT molecular complexity index is 6170. The Morgan fingerprint density at radius 3 is 0.937 bits per heavy atom. The number of benzene rings is 5. The van der Waals surface area contributed by atoms with Gasteiger partial charge in [0.2, 0.25) is 39.7 Å². The Morgan fingerprint density at radius 1 is 0.365 bits per heavy atom. The van der Waals surface area contributed by atoms with Crippen molar-refractivity contribution in [1.82, 2.24) is 0 Å². The summed E-state index contributed by atoms with van der Waals surface area (Å²) < 4.78 is 207. The maximum absolute atomic E-state index is 12.5. The predicted molar refractivity (Wildman–Crippen MR) is 467 cm³/mol. The van der Waals surface area contributed by atoms with Crippen LogP contribution < -0.4 is 71.0 Å². The highest BCUT2D eigenvalue weighted by Crippen LogP contribution is 2.52. The number of hydrogen-bond donors (Lipinski definition) is 8. The smallest absolute Gasteiger partial charge is 0.330 e. The van der Waals surface area contributed by atoms with Gasteiger partial charge in [-0.25, -0.2) is 51.7 Å². The van der Waals surface area contributed by atoms with Gasteiger partial charge < -0.3 is 76.9 Å². The normalized spacial score (nSPS) is 13.0. The third-order valence-electron chi connectivity index (χ3n) is 18.1. The summed E-state index contributed by atoms with van der Waals surface area (Å²) in [5, 5.41) is 36.3. The zero-order valence-electron chi connectivity index (χ0n) is 67.6. The number of anilines is 5. The molecule has 5 aliphatic heterocycles. The molecule has 5 aliphatic rings. The Balaban J connectivity index is 0.000000153. The molecule has 5 aromatic heterocycles. The van der Waals surface area contributed by atoms with Gasteiger partial charge >= 0.3 is 29.8 Å². The quantitative estimate of drug-likeness (QED) is 0.00865. The largest absolute Gasteiger partial charge is 0.504 e. The van der Waals surface area contributed by atoms with Crippen LogP contribution in [0.1, 0.15) is 90.1 Å². The molecule has 5 aromatic carbocycles. The van der Waals surface area contributed by atoms with Gasteiger partial charge in [0.1, 0.15) is 21.0 Å². The van der Waals surface area contributed by atoms with Crippen molar-refractivity contribution in [2.24, 2.45) is 0 Å². The van der Waals surface area contributed by atoms with Crippen LogP contribution in [0.3, 0.4) is 0 Å².